The first-order chi connectivity index (χ1) is 9.15. The van der Waals surface area contributed by atoms with Crippen LogP contribution < -0.4 is 0 Å². The zero-order chi connectivity index (χ0) is 14.0. The predicted octanol–water partition coefficient (Wildman–Crippen LogP) is 2.59. The van der Waals surface area contributed by atoms with E-state index in [4.69, 9.17) is 4.74 Å². The number of aliphatic hydroxyl groups is 1. The van der Waals surface area contributed by atoms with Crippen LogP contribution in [0.2, 0.25) is 0 Å². The Morgan fingerprint density at radius 2 is 2.00 bits per heavy atom. The van der Waals surface area contributed by atoms with Crippen molar-refractivity contribution in [2.75, 3.05) is 0 Å². The van der Waals surface area contributed by atoms with Crippen LogP contribution in [0.1, 0.15) is 54.9 Å². The summed E-state index contributed by atoms with van der Waals surface area (Å²) in [7, 11) is 0. The van der Waals surface area contributed by atoms with Crippen LogP contribution in [0, 0.1) is 0 Å². The van der Waals surface area contributed by atoms with Gasteiger partial charge in [0.1, 0.15) is 11.9 Å². The van der Waals surface area contributed by atoms with E-state index < -0.39 is 5.97 Å². The highest BCUT2D eigenvalue weighted by Gasteiger charge is 2.39. The van der Waals surface area contributed by atoms with E-state index in [0.29, 0.717) is 12.0 Å². The largest absolute Gasteiger partial charge is 0.508 e. The van der Waals surface area contributed by atoms with Crippen LogP contribution in [0.4, 0.5) is 0 Å². The number of phenolic OH excluding ortho intramolecular Hbond substituents is 1. The molecule has 3 unspecified atom stereocenters. The molecule has 0 saturated heterocycles. The minimum absolute atomic E-state index is 0.0787. The van der Waals surface area contributed by atoms with Gasteiger partial charge in [-0.3, -0.25) is 0 Å². The van der Waals surface area contributed by atoms with E-state index in [0.717, 1.165) is 18.4 Å². The molecule has 0 aromatic heterocycles. The van der Waals surface area contributed by atoms with Gasteiger partial charge >= 0.3 is 5.97 Å². The summed E-state index contributed by atoms with van der Waals surface area (Å²) in [4.78, 5) is 11.8. The zero-order valence-corrected chi connectivity index (χ0v) is 11.3. The molecule has 0 spiro atoms. The lowest BCUT2D eigenvalue weighted by Gasteiger charge is -2.38. The fourth-order valence-corrected chi connectivity index (χ4v) is 2.84. The summed E-state index contributed by atoms with van der Waals surface area (Å²) in [6.07, 6.45) is 1.47. The van der Waals surface area contributed by atoms with E-state index in [1.165, 1.54) is 6.07 Å². The van der Waals surface area contributed by atoms with Gasteiger partial charge < -0.3 is 14.9 Å². The van der Waals surface area contributed by atoms with Gasteiger partial charge in [0.15, 0.2) is 0 Å². The molecule has 1 aliphatic carbocycles. The van der Waals surface area contributed by atoms with E-state index in [1.807, 2.05) is 13.8 Å². The molecule has 104 valence electrons. The molecule has 1 heterocycles. The first-order valence-corrected chi connectivity index (χ1v) is 6.87. The van der Waals surface area contributed by atoms with E-state index in [1.54, 1.807) is 12.1 Å². The molecule has 3 atom stereocenters. The molecular formula is C15H20O4. The van der Waals surface area contributed by atoms with Crippen LogP contribution in [0.15, 0.2) is 18.2 Å². The number of esters is 1. The summed E-state index contributed by atoms with van der Waals surface area (Å²) >= 11 is 0. The third-order valence-electron chi connectivity index (χ3n) is 3.68. The van der Waals surface area contributed by atoms with Gasteiger partial charge in [0.2, 0.25) is 0 Å². The summed E-state index contributed by atoms with van der Waals surface area (Å²) in [5.74, 6) is -0.159. The molecule has 1 aromatic carbocycles. The van der Waals surface area contributed by atoms with Crippen LogP contribution in [0.25, 0.3) is 0 Å². The summed E-state index contributed by atoms with van der Waals surface area (Å²) in [6.45, 7) is 4.00. The van der Waals surface area contributed by atoms with Gasteiger partial charge in [-0.2, -0.15) is 0 Å². The highest BCUT2D eigenvalue weighted by molar-refractivity contribution is 5.93. The van der Waals surface area contributed by atoms with Crippen molar-refractivity contribution in [3.63, 3.8) is 0 Å². The van der Waals surface area contributed by atoms with Crippen LogP contribution in [0.5, 0.6) is 5.75 Å². The third-order valence-corrected chi connectivity index (χ3v) is 3.68. The van der Waals surface area contributed by atoms with E-state index in [9.17, 15) is 15.0 Å². The highest BCUT2D eigenvalue weighted by atomic mass is 16.5. The van der Waals surface area contributed by atoms with Crippen molar-refractivity contribution in [2.45, 2.75) is 51.2 Å². The molecule has 1 aromatic rings. The summed E-state index contributed by atoms with van der Waals surface area (Å²) < 4.78 is 5.33. The molecule has 1 fully saturated rings. The number of benzene rings is 1. The molecule has 3 rings (SSSR count). The van der Waals surface area contributed by atoms with Gasteiger partial charge in [0.25, 0.3) is 0 Å². The minimum Gasteiger partial charge on any atom is -0.508 e. The van der Waals surface area contributed by atoms with Gasteiger partial charge in [-0.15, -0.1) is 0 Å². The van der Waals surface area contributed by atoms with Crippen LogP contribution in [-0.4, -0.2) is 28.4 Å². The molecule has 1 aliphatic heterocycles. The number of hydrogen-bond acceptors (Lipinski definition) is 4. The lowest BCUT2D eigenvalue weighted by molar-refractivity contribution is -0.0181. The van der Waals surface area contributed by atoms with Gasteiger partial charge in [-0.1, -0.05) is 19.9 Å². The fourth-order valence-electron chi connectivity index (χ4n) is 2.84. The quantitative estimate of drug-likeness (QED) is 0.707. The number of hydrogen-bond donors (Lipinski definition) is 2. The van der Waals surface area contributed by atoms with Crippen molar-refractivity contribution in [1.82, 2.24) is 0 Å². The molecular weight excluding hydrogens is 244 g/mol. The van der Waals surface area contributed by atoms with Crippen LogP contribution in [0.3, 0.4) is 0 Å². The maximum Gasteiger partial charge on any atom is 0.338 e. The molecule has 2 N–H and O–H groups in total. The number of rotatable bonds is 0. The summed E-state index contributed by atoms with van der Waals surface area (Å²) in [5, 5.41) is 19.0. The Hall–Kier alpha value is -1.55. The van der Waals surface area contributed by atoms with Crippen molar-refractivity contribution >= 4 is 5.97 Å². The van der Waals surface area contributed by atoms with E-state index in [-0.39, 0.29) is 23.9 Å². The van der Waals surface area contributed by atoms with Crippen molar-refractivity contribution in [3.8, 4) is 5.75 Å². The Balaban J connectivity index is 0.000000637. The van der Waals surface area contributed by atoms with Crippen molar-refractivity contribution in [2.24, 2.45) is 0 Å². The fraction of sp³-hybridized carbons (Fsp3) is 0.533. The van der Waals surface area contributed by atoms with Crippen molar-refractivity contribution in [1.29, 1.82) is 0 Å². The van der Waals surface area contributed by atoms with E-state index in [2.05, 4.69) is 0 Å². The first-order valence-electron chi connectivity index (χ1n) is 6.87. The maximum absolute atomic E-state index is 11.8. The number of carbonyl (C=O) groups is 1. The molecule has 0 bridgehead atoms. The zero-order valence-electron chi connectivity index (χ0n) is 11.3. The maximum atomic E-state index is 11.8. The lowest BCUT2D eigenvalue weighted by atomic mass is 9.77. The SMILES string of the molecule is CC.O=C1OC2CC(O)CCC2c2ccc(O)cc21. The predicted molar refractivity (Wildman–Crippen MR) is 71.3 cm³/mol. The average Bonchev–Trinajstić information content (AvgIpc) is 2.41. The molecule has 2 aliphatic rings. The Kier molecular flexibility index (Phi) is 4.10. The monoisotopic (exact) mass is 264 g/mol. The Labute approximate surface area is 113 Å². The topological polar surface area (TPSA) is 66.8 Å². The van der Waals surface area contributed by atoms with Crippen molar-refractivity contribution < 1.29 is 19.7 Å². The number of ether oxygens (including phenoxy) is 1. The third kappa shape index (κ3) is 2.59. The average molecular weight is 264 g/mol. The van der Waals surface area contributed by atoms with Gasteiger partial charge in [0, 0.05) is 12.3 Å². The van der Waals surface area contributed by atoms with Gasteiger partial charge in [-0.05, 0) is 30.5 Å². The highest BCUT2D eigenvalue weighted by Crippen LogP contribution is 2.41. The van der Waals surface area contributed by atoms with Gasteiger partial charge in [0.05, 0.1) is 11.7 Å². The number of phenols is 1. The number of fused-ring (bicyclic) bond motifs is 3. The van der Waals surface area contributed by atoms with Crippen LogP contribution in [-0.2, 0) is 4.74 Å². The molecule has 1 saturated carbocycles. The summed E-state index contributed by atoms with van der Waals surface area (Å²) in [5.41, 5.74) is 1.40. The molecule has 19 heavy (non-hydrogen) atoms. The number of aliphatic hydroxyl groups excluding tert-OH is 1. The van der Waals surface area contributed by atoms with Gasteiger partial charge in [-0.25, -0.2) is 4.79 Å². The van der Waals surface area contributed by atoms with E-state index >= 15 is 0 Å². The molecule has 0 radical (unpaired) electrons. The van der Waals surface area contributed by atoms with Crippen molar-refractivity contribution in [3.05, 3.63) is 29.3 Å². The normalized spacial score (nSPS) is 28.4. The molecule has 4 nitrogen and oxygen atoms in total. The Morgan fingerprint density at radius 1 is 1.26 bits per heavy atom. The second kappa shape index (κ2) is 5.61. The standard InChI is InChI=1S/C13H14O4.C2H6/c14-7-1-3-9-10-4-2-8(15)6-12(10)17-13(16)11(9)5-7;1-2/h1,3,5,8,10,12,14-15H,2,4,6H2;1-2H3. The Morgan fingerprint density at radius 3 is 2.74 bits per heavy atom. The van der Waals surface area contributed by atoms with Crippen LogP contribution >= 0.6 is 0 Å². The molecule has 0 amide bonds. The first kappa shape index (κ1) is 13.9. The smallest absolute Gasteiger partial charge is 0.338 e. The summed E-state index contributed by atoms with van der Waals surface area (Å²) in [6, 6.07) is 4.85. The molecule has 4 heteroatoms. The lowest BCUT2D eigenvalue weighted by Crippen LogP contribution is -2.38. The second-order valence-electron chi connectivity index (χ2n) is 4.79. The minimum atomic E-state index is -0.397. The number of carbonyl (C=O) groups excluding carboxylic acids is 1. The second-order valence-corrected chi connectivity index (χ2v) is 4.79. The Bertz CT molecular complexity index is 469. The number of aromatic hydroxyl groups is 1.